The van der Waals surface area contributed by atoms with Crippen molar-refractivity contribution in [2.75, 3.05) is 42.3 Å². The van der Waals surface area contributed by atoms with Crippen molar-refractivity contribution in [3.8, 4) is 17.0 Å². The number of nitrogen functional groups attached to an aromatic ring is 1. The van der Waals surface area contributed by atoms with Crippen LogP contribution in [0.3, 0.4) is 0 Å². The zero-order chi connectivity index (χ0) is 18.6. The van der Waals surface area contributed by atoms with Gasteiger partial charge in [0.1, 0.15) is 5.75 Å². The first-order valence-corrected chi connectivity index (χ1v) is 8.81. The van der Waals surface area contributed by atoms with Crippen LogP contribution in [0.25, 0.3) is 11.3 Å². The molecule has 7 heteroatoms. The maximum Gasteiger partial charge on any atom is 0.227 e. The van der Waals surface area contributed by atoms with Crippen molar-refractivity contribution in [2.24, 2.45) is 0 Å². The Morgan fingerprint density at radius 3 is 2.56 bits per heavy atom. The molecule has 1 fully saturated rings. The lowest BCUT2D eigenvalue weighted by Crippen LogP contribution is -2.36. The third-order valence-corrected chi connectivity index (χ3v) is 4.48. The molecule has 1 aliphatic heterocycles. The highest BCUT2D eigenvalue weighted by molar-refractivity contribution is 5.69. The minimum Gasteiger partial charge on any atom is -0.506 e. The monoisotopic (exact) mass is 363 g/mol. The summed E-state index contributed by atoms with van der Waals surface area (Å²) in [4.78, 5) is 11.1. The van der Waals surface area contributed by atoms with Crippen molar-refractivity contribution < 1.29 is 9.84 Å². The van der Waals surface area contributed by atoms with Crippen molar-refractivity contribution >= 4 is 23.0 Å². The fourth-order valence-electron chi connectivity index (χ4n) is 3.00. The van der Waals surface area contributed by atoms with Gasteiger partial charge in [-0.15, -0.1) is 0 Å². The normalized spacial score (nSPS) is 14.1. The van der Waals surface area contributed by atoms with Gasteiger partial charge in [-0.1, -0.05) is 0 Å². The molecule has 3 aromatic rings. The summed E-state index contributed by atoms with van der Waals surface area (Å²) in [6.45, 7) is 3.35. The number of benzene rings is 2. The standard InChI is InChI=1S/C20H21N5O2/c21-17-13-14(1-6-19(17)26)18-7-8-22-20(24-18)23-15-2-4-16(5-3-15)25-9-11-27-12-10-25/h1-8,13,26H,9-12,21H2,(H,22,23,24). The molecule has 2 aromatic carbocycles. The van der Waals surface area contributed by atoms with Crippen LogP contribution in [-0.4, -0.2) is 41.4 Å². The Morgan fingerprint density at radius 1 is 1.04 bits per heavy atom. The van der Waals surface area contributed by atoms with Crippen LogP contribution in [0.5, 0.6) is 5.75 Å². The van der Waals surface area contributed by atoms with Gasteiger partial charge in [0.2, 0.25) is 5.95 Å². The molecule has 27 heavy (non-hydrogen) atoms. The van der Waals surface area contributed by atoms with E-state index in [0.29, 0.717) is 11.6 Å². The minimum atomic E-state index is 0.0616. The molecule has 1 saturated heterocycles. The second kappa shape index (κ2) is 7.51. The number of nitrogens with one attached hydrogen (secondary N) is 1. The Balaban J connectivity index is 1.50. The van der Waals surface area contributed by atoms with Crippen LogP contribution in [0, 0.1) is 0 Å². The number of hydrogen-bond acceptors (Lipinski definition) is 7. The van der Waals surface area contributed by atoms with E-state index in [4.69, 9.17) is 10.5 Å². The van der Waals surface area contributed by atoms with E-state index in [0.717, 1.165) is 43.2 Å². The minimum absolute atomic E-state index is 0.0616. The number of phenols is 1. The molecule has 0 unspecified atom stereocenters. The van der Waals surface area contributed by atoms with Gasteiger partial charge in [0, 0.05) is 36.2 Å². The molecule has 0 bridgehead atoms. The Labute approximate surface area is 157 Å². The predicted octanol–water partition coefficient (Wildman–Crippen LogP) is 3.01. The van der Waals surface area contributed by atoms with Gasteiger partial charge in [0.15, 0.2) is 0 Å². The molecule has 0 saturated carbocycles. The summed E-state index contributed by atoms with van der Waals surface area (Å²) in [6, 6.07) is 15.0. The van der Waals surface area contributed by atoms with Gasteiger partial charge < -0.3 is 25.8 Å². The SMILES string of the molecule is Nc1cc(-c2ccnc(Nc3ccc(N4CCOCC4)cc3)n2)ccc1O. The van der Waals surface area contributed by atoms with Crippen LogP contribution in [0.15, 0.2) is 54.7 Å². The molecule has 0 aliphatic carbocycles. The summed E-state index contributed by atoms with van der Waals surface area (Å²) in [5.74, 6) is 0.560. The summed E-state index contributed by atoms with van der Waals surface area (Å²) in [5.41, 5.74) is 9.73. The van der Waals surface area contributed by atoms with E-state index in [1.54, 1.807) is 30.5 Å². The first kappa shape index (κ1) is 17.1. The largest absolute Gasteiger partial charge is 0.506 e. The number of phenolic OH excluding ortho intramolecular Hbond substituents is 1. The summed E-state index contributed by atoms with van der Waals surface area (Å²) in [7, 11) is 0. The lowest BCUT2D eigenvalue weighted by molar-refractivity contribution is 0.122. The Morgan fingerprint density at radius 2 is 1.81 bits per heavy atom. The average Bonchev–Trinajstić information content (AvgIpc) is 2.71. The third kappa shape index (κ3) is 3.93. The van der Waals surface area contributed by atoms with Gasteiger partial charge in [-0.2, -0.15) is 0 Å². The van der Waals surface area contributed by atoms with Gasteiger partial charge in [0.05, 0.1) is 24.6 Å². The van der Waals surface area contributed by atoms with E-state index in [-0.39, 0.29) is 5.75 Å². The van der Waals surface area contributed by atoms with Crippen molar-refractivity contribution in [2.45, 2.75) is 0 Å². The summed E-state index contributed by atoms with van der Waals surface area (Å²) < 4.78 is 5.39. The third-order valence-electron chi connectivity index (χ3n) is 4.48. The van der Waals surface area contributed by atoms with Gasteiger partial charge >= 0.3 is 0 Å². The Kier molecular flexibility index (Phi) is 4.76. The van der Waals surface area contributed by atoms with Crippen molar-refractivity contribution in [3.05, 3.63) is 54.7 Å². The molecule has 0 spiro atoms. The molecule has 0 amide bonds. The molecule has 4 rings (SSSR count). The van der Waals surface area contributed by atoms with Crippen LogP contribution in [0.1, 0.15) is 0 Å². The molecular weight excluding hydrogens is 342 g/mol. The van der Waals surface area contributed by atoms with E-state index in [9.17, 15) is 5.11 Å². The highest BCUT2D eigenvalue weighted by Gasteiger charge is 2.11. The fraction of sp³-hybridized carbons (Fsp3) is 0.200. The van der Waals surface area contributed by atoms with Gasteiger partial charge in [-0.25, -0.2) is 9.97 Å². The van der Waals surface area contributed by atoms with Crippen molar-refractivity contribution in [3.63, 3.8) is 0 Å². The molecule has 1 aromatic heterocycles. The second-order valence-corrected chi connectivity index (χ2v) is 6.31. The summed E-state index contributed by atoms with van der Waals surface area (Å²) >= 11 is 0. The fourth-order valence-corrected chi connectivity index (χ4v) is 3.00. The quantitative estimate of drug-likeness (QED) is 0.484. The summed E-state index contributed by atoms with van der Waals surface area (Å²) in [5, 5.41) is 12.8. The Bertz CT molecular complexity index is 924. The van der Waals surface area contributed by atoms with E-state index in [2.05, 4.69) is 32.3 Å². The van der Waals surface area contributed by atoms with E-state index >= 15 is 0 Å². The van der Waals surface area contributed by atoms with Crippen LogP contribution in [0.4, 0.5) is 23.0 Å². The number of rotatable bonds is 4. The number of nitrogens with zero attached hydrogens (tertiary/aromatic N) is 3. The number of nitrogens with two attached hydrogens (primary N) is 1. The highest BCUT2D eigenvalue weighted by Crippen LogP contribution is 2.27. The molecule has 138 valence electrons. The second-order valence-electron chi connectivity index (χ2n) is 6.31. The maximum absolute atomic E-state index is 9.58. The first-order valence-electron chi connectivity index (χ1n) is 8.81. The molecule has 0 radical (unpaired) electrons. The first-order chi connectivity index (χ1) is 13.2. The van der Waals surface area contributed by atoms with Crippen molar-refractivity contribution in [1.82, 2.24) is 9.97 Å². The van der Waals surface area contributed by atoms with Gasteiger partial charge in [-0.3, -0.25) is 0 Å². The number of aromatic hydroxyl groups is 1. The van der Waals surface area contributed by atoms with Gasteiger partial charge in [-0.05, 0) is 48.5 Å². The van der Waals surface area contributed by atoms with E-state index in [1.807, 2.05) is 12.1 Å². The predicted molar refractivity (Wildman–Crippen MR) is 106 cm³/mol. The smallest absolute Gasteiger partial charge is 0.227 e. The van der Waals surface area contributed by atoms with Crippen molar-refractivity contribution in [1.29, 1.82) is 0 Å². The highest BCUT2D eigenvalue weighted by atomic mass is 16.5. The topological polar surface area (TPSA) is 96.5 Å². The Hall–Kier alpha value is -3.32. The number of aromatic nitrogens is 2. The molecule has 7 nitrogen and oxygen atoms in total. The molecular formula is C20H21N5O2. The number of ether oxygens (including phenoxy) is 1. The number of morpholine rings is 1. The summed E-state index contributed by atoms with van der Waals surface area (Å²) in [6.07, 6.45) is 1.69. The van der Waals surface area contributed by atoms with E-state index < -0.39 is 0 Å². The van der Waals surface area contributed by atoms with Crippen LogP contribution >= 0.6 is 0 Å². The van der Waals surface area contributed by atoms with Crippen LogP contribution in [-0.2, 0) is 4.74 Å². The van der Waals surface area contributed by atoms with Gasteiger partial charge in [0.25, 0.3) is 0 Å². The lowest BCUT2D eigenvalue weighted by atomic mass is 10.1. The lowest BCUT2D eigenvalue weighted by Gasteiger charge is -2.28. The zero-order valence-electron chi connectivity index (χ0n) is 14.8. The molecule has 4 N–H and O–H groups in total. The molecule has 1 aliphatic rings. The number of anilines is 4. The van der Waals surface area contributed by atoms with Crippen LogP contribution < -0.4 is 16.0 Å². The molecule has 2 heterocycles. The average molecular weight is 363 g/mol. The van der Waals surface area contributed by atoms with E-state index in [1.165, 1.54) is 5.69 Å². The zero-order valence-corrected chi connectivity index (χ0v) is 14.8. The maximum atomic E-state index is 9.58. The van der Waals surface area contributed by atoms with Crippen LogP contribution in [0.2, 0.25) is 0 Å². The molecule has 0 atom stereocenters. The number of hydrogen-bond donors (Lipinski definition) is 3.